The van der Waals surface area contributed by atoms with Crippen LogP contribution in [0.1, 0.15) is 34.8 Å². The van der Waals surface area contributed by atoms with E-state index < -0.39 is 0 Å². The van der Waals surface area contributed by atoms with Gasteiger partial charge >= 0.3 is 0 Å². The minimum Gasteiger partial charge on any atom is -0.341 e. The van der Waals surface area contributed by atoms with Crippen LogP contribution in [0.15, 0.2) is 59.8 Å². The number of aryl methyl sites for hydroxylation is 1. The Morgan fingerprint density at radius 3 is 2.68 bits per heavy atom. The van der Waals surface area contributed by atoms with E-state index in [-0.39, 0.29) is 11.2 Å². The summed E-state index contributed by atoms with van der Waals surface area (Å²) in [7, 11) is 0. The summed E-state index contributed by atoms with van der Waals surface area (Å²) in [6.07, 6.45) is 12.1. The number of hydrogen-bond donors (Lipinski definition) is 1. The number of nitrogens with zero attached hydrogens (tertiary/aromatic N) is 2. The number of carbonyl (C=O) groups excluding carboxylic acids is 1. The van der Waals surface area contributed by atoms with Gasteiger partial charge in [0.2, 0.25) is 5.91 Å². The molecule has 0 radical (unpaired) electrons. The molecule has 1 aromatic carbocycles. The van der Waals surface area contributed by atoms with Crippen molar-refractivity contribution in [1.29, 1.82) is 5.41 Å². The Morgan fingerprint density at radius 1 is 1.32 bits per heavy atom. The molecule has 0 aliphatic carbocycles. The van der Waals surface area contributed by atoms with Crippen LogP contribution in [0.5, 0.6) is 0 Å². The lowest BCUT2D eigenvalue weighted by molar-refractivity contribution is -0.129. The fourth-order valence-electron chi connectivity index (χ4n) is 3.16. The van der Waals surface area contributed by atoms with Crippen LogP contribution in [0.3, 0.4) is 0 Å². The van der Waals surface area contributed by atoms with Crippen molar-refractivity contribution >= 4 is 23.4 Å². The summed E-state index contributed by atoms with van der Waals surface area (Å²) in [4.78, 5) is 19.7. The summed E-state index contributed by atoms with van der Waals surface area (Å²) in [5, 5.41) is 8.55. The van der Waals surface area contributed by atoms with Crippen molar-refractivity contribution in [3.63, 3.8) is 0 Å². The minimum absolute atomic E-state index is 0.142. The molecule has 1 saturated heterocycles. The first-order chi connectivity index (χ1) is 13.6. The van der Waals surface area contributed by atoms with Gasteiger partial charge in [-0.05, 0) is 49.1 Å². The predicted octanol–water partition coefficient (Wildman–Crippen LogP) is 4.40. The molecule has 1 atom stereocenters. The molecule has 1 amide bonds. The van der Waals surface area contributed by atoms with Crippen LogP contribution in [-0.4, -0.2) is 34.6 Å². The highest BCUT2D eigenvalue weighted by molar-refractivity contribution is 8.00. The molecule has 0 bridgehead atoms. The van der Waals surface area contributed by atoms with E-state index >= 15 is 0 Å². The molecule has 142 valence electrons. The first-order valence-corrected chi connectivity index (χ1v) is 10.2. The van der Waals surface area contributed by atoms with E-state index in [1.807, 2.05) is 48.2 Å². The first kappa shape index (κ1) is 19.9. The summed E-state index contributed by atoms with van der Waals surface area (Å²) >= 11 is 1.48. The second-order valence-electron chi connectivity index (χ2n) is 6.70. The van der Waals surface area contributed by atoms with Crippen molar-refractivity contribution in [3.8, 4) is 12.3 Å². The lowest BCUT2D eigenvalue weighted by Crippen LogP contribution is -2.31. The molecule has 5 heteroatoms. The number of allylic oxidation sites excluding steroid dienone is 2. The van der Waals surface area contributed by atoms with Crippen LogP contribution in [0.25, 0.3) is 0 Å². The van der Waals surface area contributed by atoms with Gasteiger partial charge in [-0.1, -0.05) is 48.0 Å². The van der Waals surface area contributed by atoms with Gasteiger partial charge in [0.15, 0.2) is 0 Å². The van der Waals surface area contributed by atoms with Crippen molar-refractivity contribution < 1.29 is 4.79 Å². The summed E-state index contributed by atoms with van der Waals surface area (Å²) < 4.78 is 0. The molecule has 0 saturated carbocycles. The number of benzene rings is 1. The highest BCUT2D eigenvalue weighted by Gasteiger charge is 2.29. The van der Waals surface area contributed by atoms with Crippen molar-refractivity contribution in [2.75, 3.05) is 13.1 Å². The third-order valence-electron chi connectivity index (χ3n) is 4.66. The lowest BCUT2D eigenvalue weighted by Gasteiger charge is -2.23. The van der Waals surface area contributed by atoms with Gasteiger partial charge in [-0.2, -0.15) is 0 Å². The van der Waals surface area contributed by atoms with Gasteiger partial charge in [0.1, 0.15) is 5.25 Å². The minimum atomic E-state index is -0.322. The van der Waals surface area contributed by atoms with E-state index in [0.29, 0.717) is 11.3 Å². The van der Waals surface area contributed by atoms with Gasteiger partial charge in [-0.15, -0.1) is 6.42 Å². The molecule has 2 heterocycles. The zero-order valence-electron chi connectivity index (χ0n) is 15.9. The topological polar surface area (TPSA) is 57.1 Å². The Bertz CT molecular complexity index is 925. The van der Waals surface area contributed by atoms with Crippen LogP contribution in [0, 0.1) is 24.7 Å². The van der Waals surface area contributed by atoms with E-state index in [9.17, 15) is 4.79 Å². The fraction of sp³-hybridized carbons (Fsp3) is 0.261. The average molecular weight is 390 g/mol. The number of nitrogens with one attached hydrogen (secondary N) is 1. The number of amides is 1. The molecule has 1 aliphatic heterocycles. The van der Waals surface area contributed by atoms with Gasteiger partial charge in [0.25, 0.3) is 0 Å². The summed E-state index contributed by atoms with van der Waals surface area (Å²) in [5.74, 6) is 2.53. The van der Waals surface area contributed by atoms with Crippen LogP contribution in [0.2, 0.25) is 0 Å². The van der Waals surface area contributed by atoms with Crippen molar-refractivity contribution in [2.24, 2.45) is 0 Å². The number of pyridine rings is 1. The Labute approximate surface area is 170 Å². The maximum Gasteiger partial charge on any atom is 0.240 e. The van der Waals surface area contributed by atoms with Crippen LogP contribution in [0.4, 0.5) is 0 Å². The predicted molar refractivity (Wildman–Crippen MR) is 115 cm³/mol. The third-order valence-corrected chi connectivity index (χ3v) is 6.02. The molecular weight excluding hydrogens is 366 g/mol. The number of hydrogen-bond acceptors (Lipinski definition) is 4. The second-order valence-corrected chi connectivity index (χ2v) is 7.79. The molecule has 0 spiro atoms. The standard InChI is InChI=1S/C23H23N3OS/c1-3-4-12-20(24)19-15-17(2)22(25-16-19)28-21(18-10-6-5-7-11-18)23(27)26-13-8-9-14-26/h1,4-7,10-12,15-16,21,24H,8-9,13-14H2,2H3/b12-4-,24-20?. The molecule has 1 aliphatic rings. The first-order valence-electron chi connectivity index (χ1n) is 9.29. The number of terminal acetylenes is 1. The SMILES string of the molecule is C#C/C=C\C(=N)c1cnc(SC(C(=O)N2CCCC2)c2ccccc2)c(C)c1. The Hall–Kier alpha value is -2.84. The highest BCUT2D eigenvalue weighted by atomic mass is 32.2. The van der Waals surface area contributed by atoms with Gasteiger partial charge in [-0.3, -0.25) is 4.79 Å². The quantitative estimate of drug-likeness (QED) is 0.452. The van der Waals surface area contributed by atoms with Crippen LogP contribution in [-0.2, 0) is 4.79 Å². The van der Waals surface area contributed by atoms with Crippen LogP contribution < -0.4 is 0 Å². The Kier molecular flexibility index (Phi) is 6.67. The summed E-state index contributed by atoms with van der Waals surface area (Å²) in [6.45, 7) is 3.61. The van der Waals surface area contributed by atoms with Gasteiger partial charge in [0.05, 0.1) is 10.7 Å². The normalized spacial score (nSPS) is 14.8. The van der Waals surface area contributed by atoms with Crippen molar-refractivity contribution in [2.45, 2.75) is 30.0 Å². The third kappa shape index (κ3) is 4.71. The number of carbonyl (C=O) groups is 1. The van der Waals surface area contributed by atoms with Gasteiger partial charge < -0.3 is 10.3 Å². The smallest absolute Gasteiger partial charge is 0.240 e. The second kappa shape index (κ2) is 9.38. The van der Waals surface area contributed by atoms with E-state index in [1.54, 1.807) is 12.3 Å². The zero-order chi connectivity index (χ0) is 19.9. The summed E-state index contributed by atoms with van der Waals surface area (Å²) in [6, 6.07) is 11.8. The van der Waals surface area contributed by atoms with Crippen molar-refractivity contribution in [3.05, 3.63) is 71.4 Å². The number of rotatable bonds is 6. The Morgan fingerprint density at radius 2 is 2.04 bits per heavy atom. The molecule has 2 aromatic rings. The molecule has 1 aromatic heterocycles. The van der Waals surface area contributed by atoms with Crippen molar-refractivity contribution in [1.82, 2.24) is 9.88 Å². The molecule has 1 N–H and O–H groups in total. The Balaban J connectivity index is 1.86. The zero-order valence-corrected chi connectivity index (χ0v) is 16.7. The maximum absolute atomic E-state index is 13.2. The maximum atomic E-state index is 13.2. The van der Waals surface area contributed by atoms with E-state index in [4.69, 9.17) is 11.8 Å². The lowest BCUT2D eigenvalue weighted by atomic mass is 10.1. The molecule has 3 rings (SSSR count). The molecular formula is C23H23N3OS. The van der Waals surface area contributed by atoms with Gasteiger partial charge in [0, 0.05) is 24.8 Å². The monoisotopic (exact) mass is 389 g/mol. The van der Waals surface area contributed by atoms with Crippen LogP contribution >= 0.6 is 11.8 Å². The molecule has 4 nitrogen and oxygen atoms in total. The largest absolute Gasteiger partial charge is 0.341 e. The van der Waals surface area contributed by atoms with E-state index in [2.05, 4.69) is 10.9 Å². The van der Waals surface area contributed by atoms with Gasteiger partial charge in [-0.25, -0.2) is 4.98 Å². The number of likely N-dealkylation sites (tertiary alicyclic amines) is 1. The summed E-state index contributed by atoms with van der Waals surface area (Å²) in [5.41, 5.74) is 2.95. The average Bonchev–Trinajstić information content (AvgIpc) is 3.26. The highest BCUT2D eigenvalue weighted by Crippen LogP contribution is 2.38. The molecule has 28 heavy (non-hydrogen) atoms. The number of thioether (sulfide) groups is 1. The molecule has 1 fully saturated rings. The van der Waals surface area contributed by atoms with E-state index in [0.717, 1.165) is 42.1 Å². The molecule has 1 unspecified atom stereocenters. The van der Waals surface area contributed by atoms with E-state index in [1.165, 1.54) is 17.8 Å². The number of aromatic nitrogens is 1. The fourth-order valence-corrected chi connectivity index (χ4v) is 4.29.